The van der Waals surface area contributed by atoms with Crippen LogP contribution in [-0.2, 0) is 4.79 Å². The number of carbonyl (C=O) groups excluding carboxylic acids is 1. The molecule has 1 aromatic carbocycles. The van der Waals surface area contributed by atoms with Crippen LogP contribution >= 0.6 is 0 Å². The number of hydrazone groups is 1. The van der Waals surface area contributed by atoms with Crippen molar-refractivity contribution in [3.8, 4) is 11.9 Å². The average molecular weight is 399 g/mol. The van der Waals surface area contributed by atoms with Gasteiger partial charge in [0, 0.05) is 30.8 Å². The van der Waals surface area contributed by atoms with E-state index in [0.717, 1.165) is 12.5 Å². The molecule has 7 nitrogen and oxygen atoms in total. The van der Waals surface area contributed by atoms with Crippen molar-refractivity contribution in [1.82, 2.24) is 15.0 Å². The molecule has 2 heterocycles. The zero-order valence-corrected chi connectivity index (χ0v) is 15.6. The number of halogens is 2. The van der Waals surface area contributed by atoms with E-state index in [-0.39, 0.29) is 11.6 Å². The van der Waals surface area contributed by atoms with Crippen LogP contribution in [0, 0.1) is 23.0 Å². The number of rotatable bonds is 6. The summed E-state index contributed by atoms with van der Waals surface area (Å²) < 4.78 is 29.2. The second kappa shape index (κ2) is 11.2. The smallest absolute Gasteiger partial charge is 0.269 e. The molecule has 0 atom stereocenters. The normalized spacial score (nSPS) is 12.0. The lowest BCUT2D eigenvalue weighted by Gasteiger charge is -2.13. The van der Waals surface area contributed by atoms with Crippen LogP contribution in [0.25, 0.3) is 0 Å². The molecule has 0 bridgehead atoms. The number of nitriles is 1. The van der Waals surface area contributed by atoms with Gasteiger partial charge in [0.25, 0.3) is 5.91 Å². The molecule has 0 radical (unpaired) electrons. The van der Waals surface area contributed by atoms with Crippen molar-refractivity contribution in [2.45, 2.75) is 19.3 Å². The summed E-state index contributed by atoms with van der Waals surface area (Å²) in [7, 11) is 0. The first-order valence-electron chi connectivity index (χ1n) is 8.77. The van der Waals surface area contributed by atoms with Crippen LogP contribution < -0.4 is 4.74 Å². The van der Waals surface area contributed by atoms with E-state index in [0.29, 0.717) is 37.4 Å². The molecule has 150 valence electrons. The Kier molecular flexibility index (Phi) is 8.38. The number of nitrogens with zero attached hydrogens (tertiary/aromatic N) is 5. The first-order chi connectivity index (χ1) is 14.0. The van der Waals surface area contributed by atoms with Gasteiger partial charge in [0.15, 0.2) is 5.69 Å². The van der Waals surface area contributed by atoms with Gasteiger partial charge < -0.3 is 4.74 Å². The van der Waals surface area contributed by atoms with Crippen LogP contribution in [0.1, 0.15) is 25.0 Å². The molecule has 1 aliphatic rings. The van der Waals surface area contributed by atoms with Crippen molar-refractivity contribution in [1.29, 1.82) is 5.26 Å². The van der Waals surface area contributed by atoms with Crippen molar-refractivity contribution in [3.05, 3.63) is 66.1 Å². The minimum Gasteiger partial charge on any atom is -0.477 e. The SMILES string of the molecule is C=C(CCCOc1cnc(C#N)cn1)C(=O)N1CCC=N1.Fc1cccc(F)c1. The van der Waals surface area contributed by atoms with Crippen molar-refractivity contribution >= 4 is 12.1 Å². The van der Waals surface area contributed by atoms with E-state index >= 15 is 0 Å². The van der Waals surface area contributed by atoms with Crippen LogP contribution in [0.3, 0.4) is 0 Å². The van der Waals surface area contributed by atoms with E-state index in [1.165, 1.54) is 35.6 Å². The number of benzene rings is 1. The molecule has 0 aliphatic carbocycles. The second-order valence-corrected chi connectivity index (χ2v) is 5.86. The molecule has 29 heavy (non-hydrogen) atoms. The van der Waals surface area contributed by atoms with E-state index in [9.17, 15) is 13.6 Å². The molecule has 1 amide bonds. The summed E-state index contributed by atoms with van der Waals surface area (Å²) in [5, 5.41) is 14.0. The first-order valence-corrected chi connectivity index (χ1v) is 8.77. The van der Waals surface area contributed by atoms with Gasteiger partial charge in [0.05, 0.1) is 19.0 Å². The first kappa shape index (κ1) is 21.6. The number of amides is 1. The summed E-state index contributed by atoms with van der Waals surface area (Å²) >= 11 is 0. The summed E-state index contributed by atoms with van der Waals surface area (Å²) in [6.45, 7) is 4.80. The Labute approximate surface area is 167 Å². The molecule has 0 N–H and O–H groups in total. The predicted molar refractivity (Wildman–Crippen MR) is 102 cm³/mol. The Morgan fingerprint density at radius 3 is 2.55 bits per heavy atom. The van der Waals surface area contributed by atoms with Crippen LogP contribution in [0.4, 0.5) is 8.78 Å². The van der Waals surface area contributed by atoms with Crippen molar-refractivity contribution < 1.29 is 18.3 Å². The summed E-state index contributed by atoms with van der Waals surface area (Å²) in [5.74, 6) is -0.855. The van der Waals surface area contributed by atoms with Gasteiger partial charge in [-0.3, -0.25) is 4.79 Å². The van der Waals surface area contributed by atoms with Gasteiger partial charge in [0.2, 0.25) is 5.88 Å². The van der Waals surface area contributed by atoms with E-state index in [1.54, 1.807) is 6.21 Å². The molecule has 1 aliphatic heterocycles. The largest absolute Gasteiger partial charge is 0.477 e. The Morgan fingerprint density at radius 2 is 2.03 bits per heavy atom. The van der Waals surface area contributed by atoms with Gasteiger partial charge in [0.1, 0.15) is 17.7 Å². The summed E-state index contributed by atoms with van der Waals surface area (Å²) in [5.41, 5.74) is 0.760. The maximum Gasteiger partial charge on any atom is 0.269 e. The van der Waals surface area contributed by atoms with E-state index < -0.39 is 11.6 Å². The Hall–Kier alpha value is -3.67. The summed E-state index contributed by atoms with van der Waals surface area (Å²) in [6, 6.07) is 6.43. The number of ether oxygens (including phenoxy) is 1. The molecule has 3 rings (SSSR count). The van der Waals surface area contributed by atoms with Gasteiger partial charge in [-0.15, -0.1) is 0 Å². The lowest BCUT2D eigenvalue weighted by Crippen LogP contribution is -2.24. The molecule has 1 aromatic heterocycles. The highest BCUT2D eigenvalue weighted by Gasteiger charge is 2.17. The standard InChI is InChI=1S/C14H15N5O2.C6H4F2/c1-11(14(20)19-6-3-5-18-19)4-2-7-21-13-10-16-12(8-15)9-17-13;7-5-2-1-3-6(8)4-5/h5,9-10H,1-4,6-7H2;1-4H. The molecule has 9 heteroatoms. The topological polar surface area (TPSA) is 91.5 Å². The third-order valence-corrected chi connectivity index (χ3v) is 3.63. The van der Waals surface area contributed by atoms with Gasteiger partial charge in [-0.05, 0) is 25.0 Å². The predicted octanol–water partition coefficient (Wildman–Crippen LogP) is 3.25. The highest BCUT2D eigenvalue weighted by molar-refractivity contribution is 5.93. The minimum atomic E-state index is -0.537. The van der Waals surface area contributed by atoms with Crippen molar-refractivity contribution in [2.24, 2.45) is 5.10 Å². The molecular formula is C20H19F2N5O2. The number of aromatic nitrogens is 2. The molecule has 0 unspecified atom stereocenters. The summed E-state index contributed by atoms with van der Waals surface area (Å²) in [4.78, 5) is 19.7. The highest BCUT2D eigenvalue weighted by atomic mass is 19.1. The lowest BCUT2D eigenvalue weighted by molar-refractivity contribution is -0.126. The van der Waals surface area contributed by atoms with Gasteiger partial charge >= 0.3 is 0 Å². The number of carbonyl (C=O) groups is 1. The summed E-state index contributed by atoms with van der Waals surface area (Å²) in [6.07, 6.45) is 6.44. The van der Waals surface area contributed by atoms with Crippen molar-refractivity contribution in [2.75, 3.05) is 13.2 Å². The molecule has 0 saturated carbocycles. The van der Waals surface area contributed by atoms with E-state index in [4.69, 9.17) is 10.00 Å². The van der Waals surface area contributed by atoms with Gasteiger partial charge in [-0.25, -0.2) is 23.8 Å². The Morgan fingerprint density at radius 1 is 1.28 bits per heavy atom. The monoisotopic (exact) mass is 399 g/mol. The number of hydrogen-bond donors (Lipinski definition) is 0. The third kappa shape index (κ3) is 7.46. The molecule has 0 spiro atoms. The molecule has 0 fully saturated rings. The third-order valence-electron chi connectivity index (χ3n) is 3.63. The molecule has 2 aromatic rings. The molecule has 0 saturated heterocycles. The average Bonchev–Trinajstić information content (AvgIpc) is 3.26. The van der Waals surface area contributed by atoms with Gasteiger partial charge in [-0.2, -0.15) is 10.4 Å². The fraction of sp³-hybridized carbons (Fsp3) is 0.250. The van der Waals surface area contributed by atoms with Gasteiger partial charge in [-0.1, -0.05) is 12.6 Å². The van der Waals surface area contributed by atoms with Crippen LogP contribution in [-0.4, -0.2) is 40.3 Å². The van der Waals surface area contributed by atoms with Crippen LogP contribution in [0.15, 0.2) is 53.9 Å². The van der Waals surface area contributed by atoms with Crippen molar-refractivity contribution in [3.63, 3.8) is 0 Å². The lowest BCUT2D eigenvalue weighted by atomic mass is 10.1. The zero-order valence-electron chi connectivity index (χ0n) is 15.6. The maximum atomic E-state index is 11.9. The van der Waals surface area contributed by atoms with Crippen LogP contribution in [0.5, 0.6) is 5.88 Å². The zero-order chi connectivity index (χ0) is 21.1. The van der Waals surface area contributed by atoms with Crippen LogP contribution in [0.2, 0.25) is 0 Å². The number of hydrogen-bond acceptors (Lipinski definition) is 6. The highest BCUT2D eigenvalue weighted by Crippen LogP contribution is 2.11. The quantitative estimate of drug-likeness (QED) is 0.549. The Bertz CT molecular complexity index is 893. The fourth-order valence-corrected chi connectivity index (χ4v) is 2.21. The molecular weight excluding hydrogens is 380 g/mol. The van der Waals surface area contributed by atoms with E-state index in [2.05, 4.69) is 21.6 Å². The second-order valence-electron chi connectivity index (χ2n) is 5.86. The maximum absolute atomic E-state index is 11.9. The minimum absolute atomic E-state index is 0.137. The fourth-order valence-electron chi connectivity index (χ4n) is 2.21. The Balaban J connectivity index is 0.000000313. The van der Waals surface area contributed by atoms with E-state index in [1.807, 2.05) is 6.07 Å².